The number of nitrogens with zero attached hydrogens (tertiary/aromatic N) is 1. The van der Waals surface area contributed by atoms with Gasteiger partial charge in [0.25, 0.3) is 0 Å². The molecular formula is C25H31Cl2NO2. The number of fused-ring (bicyclic) bond motifs is 1. The van der Waals surface area contributed by atoms with Crippen LogP contribution in [0.25, 0.3) is 0 Å². The van der Waals surface area contributed by atoms with Crippen LogP contribution in [0.15, 0.2) is 58.8 Å². The molecule has 2 rings (SSSR count). The molecule has 0 saturated heterocycles. The van der Waals surface area contributed by atoms with Gasteiger partial charge in [-0.05, 0) is 55.5 Å². The SMILES string of the molecule is C=C(CCC)C(=C\N=C(Cl)C(C)CC)/C(=C\C)C(=O)C1COc2ccc(Cl)cc2C1. The summed E-state index contributed by atoms with van der Waals surface area (Å²) in [4.78, 5) is 17.9. The minimum absolute atomic E-state index is 0.0292. The Bertz CT molecular complexity index is 883. The van der Waals surface area contributed by atoms with Crippen LogP contribution < -0.4 is 4.74 Å². The number of allylic oxidation sites excluding steroid dienone is 4. The van der Waals surface area contributed by atoms with Gasteiger partial charge < -0.3 is 4.74 Å². The van der Waals surface area contributed by atoms with E-state index in [0.29, 0.717) is 28.8 Å². The summed E-state index contributed by atoms with van der Waals surface area (Å²) in [7, 11) is 0. The molecular weight excluding hydrogens is 417 g/mol. The third-order valence-corrected chi connectivity index (χ3v) is 6.12. The summed E-state index contributed by atoms with van der Waals surface area (Å²) in [6.07, 6.45) is 6.76. The summed E-state index contributed by atoms with van der Waals surface area (Å²) in [6, 6.07) is 5.53. The molecule has 1 aromatic rings. The van der Waals surface area contributed by atoms with Gasteiger partial charge in [-0.3, -0.25) is 4.79 Å². The second-order valence-electron chi connectivity index (χ2n) is 7.69. The van der Waals surface area contributed by atoms with Crippen molar-refractivity contribution in [3.8, 4) is 5.75 Å². The molecule has 0 aliphatic carbocycles. The van der Waals surface area contributed by atoms with E-state index in [-0.39, 0.29) is 17.6 Å². The molecule has 30 heavy (non-hydrogen) atoms. The van der Waals surface area contributed by atoms with Gasteiger partial charge >= 0.3 is 0 Å². The van der Waals surface area contributed by atoms with Crippen molar-refractivity contribution in [1.29, 1.82) is 0 Å². The molecule has 0 radical (unpaired) electrons. The molecule has 0 saturated carbocycles. The highest BCUT2D eigenvalue weighted by Gasteiger charge is 2.29. The lowest BCUT2D eigenvalue weighted by Gasteiger charge is -2.26. The van der Waals surface area contributed by atoms with Gasteiger partial charge in [0.05, 0.1) is 12.5 Å². The maximum Gasteiger partial charge on any atom is 0.170 e. The van der Waals surface area contributed by atoms with Crippen molar-refractivity contribution in [2.75, 3.05) is 6.61 Å². The average Bonchev–Trinajstić information content (AvgIpc) is 2.74. The van der Waals surface area contributed by atoms with E-state index in [1.165, 1.54) is 0 Å². The lowest BCUT2D eigenvalue weighted by molar-refractivity contribution is -0.120. The summed E-state index contributed by atoms with van der Waals surface area (Å²) in [6.45, 7) is 12.6. The van der Waals surface area contributed by atoms with Gasteiger partial charge in [0.1, 0.15) is 10.9 Å². The van der Waals surface area contributed by atoms with Crippen molar-refractivity contribution < 1.29 is 9.53 Å². The van der Waals surface area contributed by atoms with Gasteiger partial charge in [-0.1, -0.05) is 63.0 Å². The van der Waals surface area contributed by atoms with Gasteiger partial charge in [-0.15, -0.1) is 0 Å². The highest BCUT2D eigenvalue weighted by Crippen LogP contribution is 2.33. The third kappa shape index (κ3) is 6.09. The average molecular weight is 448 g/mol. The topological polar surface area (TPSA) is 38.7 Å². The van der Waals surface area contributed by atoms with Crippen molar-refractivity contribution in [1.82, 2.24) is 0 Å². The van der Waals surface area contributed by atoms with Crippen molar-refractivity contribution in [2.24, 2.45) is 16.8 Å². The van der Waals surface area contributed by atoms with Crippen LogP contribution in [0.5, 0.6) is 5.75 Å². The van der Waals surface area contributed by atoms with Crippen LogP contribution in [0.4, 0.5) is 0 Å². The zero-order valence-electron chi connectivity index (χ0n) is 18.3. The van der Waals surface area contributed by atoms with E-state index >= 15 is 0 Å². The van der Waals surface area contributed by atoms with E-state index < -0.39 is 0 Å². The van der Waals surface area contributed by atoms with Gasteiger partial charge in [-0.2, -0.15) is 0 Å². The molecule has 1 aliphatic rings. The number of rotatable bonds is 9. The maximum absolute atomic E-state index is 13.5. The standard InChI is InChI=1S/C25H31Cl2NO2/c1-6-9-17(5)22(14-28-25(27)16(4)7-2)21(8-3)24(29)19-12-18-13-20(26)10-11-23(18)30-15-19/h8,10-11,13-14,16,19H,5-7,9,12,15H2,1-4H3/b21-8+,22-14+,28-25?. The molecule has 5 heteroatoms. The van der Waals surface area contributed by atoms with Gasteiger partial charge in [0, 0.05) is 28.3 Å². The number of ether oxygens (including phenoxy) is 1. The predicted molar refractivity (Wildman–Crippen MR) is 128 cm³/mol. The first-order valence-electron chi connectivity index (χ1n) is 10.6. The second kappa shape index (κ2) is 11.5. The molecule has 1 aliphatic heterocycles. The normalized spacial score (nSPS) is 18.5. The van der Waals surface area contributed by atoms with Crippen LogP contribution in [0.1, 0.15) is 52.5 Å². The minimum atomic E-state index is -0.283. The van der Waals surface area contributed by atoms with E-state index in [1.807, 2.05) is 32.1 Å². The van der Waals surface area contributed by atoms with Crippen LogP contribution in [-0.4, -0.2) is 17.6 Å². The summed E-state index contributed by atoms with van der Waals surface area (Å²) in [5.41, 5.74) is 3.21. The van der Waals surface area contributed by atoms with Crippen molar-refractivity contribution >= 4 is 34.2 Å². The maximum atomic E-state index is 13.5. The minimum Gasteiger partial charge on any atom is -0.493 e. The molecule has 2 unspecified atom stereocenters. The zero-order valence-corrected chi connectivity index (χ0v) is 19.8. The van der Waals surface area contributed by atoms with E-state index in [9.17, 15) is 4.79 Å². The molecule has 1 aromatic carbocycles. The second-order valence-corrected chi connectivity index (χ2v) is 8.51. The highest BCUT2D eigenvalue weighted by molar-refractivity contribution is 6.65. The molecule has 162 valence electrons. The van der Waals surface area contributed by atoms with Gasteiger partial charge in [-0.25, -0.2) is 4.99 Å². The predicted octanol–water partition coefficient (Wildman–Crippen LogP) is 7.33. The van der Waals surface area contributed by atoms with E-state index in [0.717, 1.165) is 41.7 Å². The largest absolute Gasteiger partial charge is 0.493 e. The Hall–Kier alpha value is -1.84. The highest BCUT2D eigenvalue weighted by atomic mass is 35.5. The van der Waals surface area contributed by atoms with Gasteiger partial charge in [0.2, 0.25) is 0 Å². The number of carbonyl (C=O) groups is 1. The Morgan fingerprint density at radius 3 is 2.73 bits per heavy atom. The third-order valence-electron chi connectivity index (χ3n) is 5.41. The Morgan fingerprint density at radius 2 is 2.10 bits per heavy atom. The van der Waals surface area contributed by atoms with Crippen LogP contribution >= 0.6 is 23.2 Å². The van der Waals surface area contributed by atoms with Crippen molar-refractivity contribution in [3.63, 3.8) is 0 Å². The fourth-order valence-electron chi connectivity index (χ4n) is 3.39. The Morgan fingerprint density at radius 1 is 1.37 bits per heavy atom. The lowest BCUT2D eigenvalue weighted by Crippen LogP contribution is -2.30. The van der Waals surface area contributed by atoms with Gasteiger partial charge in [0.15, 0.2) is 5.78 Å². The fraction of sp³-hybridized carbons (Fsp3) is 0.440. The smallest absolute Gasteiger partial charge is 0.170 e. The Balaban J connectivity index is 2.34. The summed E-state index contributed by atoms with van der Waals surface area (Å²) >= 11 is 12.5. The van der Waals surface area contributed by atoms with E-state index in [1.54, 1.807) is 12.3 Å². The summed E-state index contributed by atoms with van der Waals surface area (Å²) < 4.78 is 5.84. The van der Waals surface area contributed by atoms with E-state index in [4.69, 9.17) is 27.9 Å². The number of ketones is 1. The molecule has 0 bridgehead atoms. The number of benzene rings is 1. The molecule has 2 atom stereocenters. The van der Waals surface area contributed by atoms with Crippen LogP contribution in [0, 0.1) is 11.8 Å². The van der Waals surface area contributed by atoms with Crippen LogP contribution in [0.3, 0.4) is 0 Å². The number of halogens is 2. The number of carbonyl (C=O) groups excluding carboxylic acids is 1. The lowest BCUT2D eigenvalue weighted by atomic mass is 9.84. The van der Waals surface area contributed by atoms with Crippen molar-refractivity contribution in [3.05, 3.63) is 64.4 Å². The summed E-state index contributed by atoms with van der Waals surface area (Å²) in [5.74, 6) is 0.707. The summed E-state index contributed by atoms with van der Waals surface area (Å²) in [5, 5.41) is 1.18. The molecule has 0 N–H and O–H groups in total. The zero-order chi connectivity index (χ0) is 22.3. The first-order chi connectivity index (χ1) is 14.3. The molecule has 0 spiro atoms. The molecule has 0 aromatic heterocycles. The number of aliphatic imine (C=N–C) groups is 1. The Labute approximate surface area is 190 Å². The quantitative estimate of drug-likeness (QED) is 0.225. The molecule has 1 heterocycles. The monoisotopic (exact) mass is 447 g/mol. The van der Waals surface area contributed by atoms with E-state index in [2.05, 4.69) is 25.4 Å². The number of Topliss-reactive ketones (excluding diaryl/α,β-unsaturated/α-hetero) is 1. The number of hydrogen-bond donors (Lipinski definition) is 0. The molecule has 0 amide bonds. The Kier molecular flexibility index (Phi) is 9.38. The molecule has 3 nitrogen and oxygen atoms in total. The number of hydrogen-bond acceptors (Lipinski definition) is 3. The van der Waals surface area contributed by atoms with Crippen LogP contribution in [-0.2, 0) is 11.2 Å². The molecule has 0 fully saturated rings. The first kappa shape index (κ1) is 24.4. The fourth-order valence-corrected chi connectivity index (χ4v) is 3.79. The first-order valence-corrected chi connectivity index (χ1v) is 11.3. The van der Waals surface area contributed by atoms with Crippen molar-refractivity contribution in [2.45, 2.75) is 53.4 Å². The van der Waals surface area contributed by atoms with Crippen LogP contribution in [0.2, 0.25) is 5.02 Å².